The van der Waals surface area contributed by atoms with E-state index in [9.17, 15) is 12.8 Å². The average molecular weight is 351 g/mol. The maximum Gasteiger partial charge on any atom is 0.243 e. The first kappa shape index (κ1) is 17.1. The number of aromatic nitrogens is 2. The molecular weight excluding hydrogens is 329 g/mol. The third-order valence-electron chi connectivity index (χ3n) is 4.62. The minimum absolute atomic E-state index is 0.0366. The summed E-state index contributed by atoms with van der Waals surface area (Å²) in [4.78, 5) is 4.47. The minimum Gasteiger partial charge on any atom is -0.338 e. The first-order valence-electron chi connectivity index (χ1n) is 8.22. The van der Waals surface area contributed by atoms with Crippen molar-refractivity contribution in [1.82, 2.24) is 13.9 Å². The third-order valence-corrected chi connectivity index (χ3v) is 6.58. The van der Waals surface area contributed by atoms with Crippen molar-refractivity contribution >= 4 is 10.0 Å². The van der Waals surface area contributed by atoms with Gasteiger partial charge in [0.25, 0.3) is 0 Å². The summed E-state index contributed by atoms with van der Waals surface area (Å²) >= 11 is 0. The highest BCUT2D eigenvalue weighted by molar-refractivity contribution is 7.89. The Hall–Kier alpha value is -1.73. The third kappa shape index (κ3) is 3.52. The van der Waals surface area contributed by atoms with Crippen molar-refractivity contribution in [1.29, 1.82) is 0 Å². The van der Waals surface area contributed by atoms with Gasteiger partial charge in [-0.15, -0.1) is 0 Å². The van der Waals surface area contributed by atoms with Crippen molar-refractivity contribution in [3.8, 4) is 0 Å². The second-order valence-electron chi connectivity index (χ2n) is 6.21. The maximum atomic E-state index is 13.1. The number of nitrogens with zero attached hydrogens (tertiary/aromatic N) is 3. The normalized spacial score (nSPS) is 19.5. The molecule has 1 aromatic heterocycles. The Morgan fingerprint density at radius 1 is 1.25 bits per heavy atom. The molecule has 24 heavy (non-hydrogen) atoms. The van der Waals surface area contributed by atoms with E-state index in [1.165, 1.54) is 24.3 Å². The molecule has 3 rings (SSSR count). The first-order chi connectivity index (χ1) is 11.5. The van der Waals surface area contributed by atoms with Gasteiger partial charge in [0, 0.05) is 38.4 Å². The van der Waals surface area contributed by atoms with E-state index < -0.39 is 15.8 Å². The van der Waals surface area contributed by atoms with Gasteiger partial charge in [0.15, 0.2) is 0 Å². The van der Waals surface area contributed by atoms with Crippen LogP contribution in [0.5, 0.6) is 0 Å². The van der Waals surface area contributed by atoms with Gasteiger partial charge in [0.2, 0.25) is 10.0 Å². The fraction of sp³-hybridized carbons (Fsp3) is 0.471. The van der Waals surface area contributed by atoms with Gasteiger partial charge >= 0.3 is 0 Å². The Balaban J connectivity index is 1.78. The van der Waals surface area contributed by atoms with Crippen LogP contribution in [0.3, 0.4) is 0 Å². The topological polar surface area (TPSA) is 55.2 Å². The van der Waals surface area contributed by atoms with Crippen LogP contribution in [0.4, 0.5) is 4.39 Å². The predicted molar refractivity (Wildman–Crippen MR) is 89.5 cm³/mol. The van der Waals surface area contributed by atoms with Crippen LogP contribution in [-0.4, -0.2) is 34.9 Å². The van der Waals surface area contributed by atoms with E-state index in [2.05, 4.69) is 4.98 Å². The van der Waals surface area contributed by atoms with Gasteiger partial charge in [-0.3, -0.25) is 0 Å². The van der Waals surface area contributed by atoms with Crippen molar-refractivity contribution in [2.45, 2.75) is 43.0 Å². The standard InChI is InChI=1S/C17H22FN3O2S/c1-20-13-11-19-17(20)10-7-15-4-2-3-12-21(15)24(22,23)16-8-5-14(18)6-9-16/h5-6,8-9,11,13,15H,2-4,7,10,12H2,1H3. The van der Waals surface area contributed by atoms with Crippen LogP contribution in [0.15, 0.2) is 41.6 Å². The lowest BCUT2D eigenvalue weighted by atomic mass is 10.0. The zero-order valence-corrected chi connectivity index (χ0v) is 14.5. The van der Waals surface area contributed by atoms with Gasteiger partial charge in [-0.1, -0.05) is 6.42 Å². The monoisotopic (exact) mass is 351 g/mol. The summed E-state index contributed by atoms with van der Waals surface area (Å²) in [7, 11) is -1.65. The molecule has 0 aliphatic carbocycles. The summed E-state index contributed by atoms with van der Waals surface area (Å²) < 4.78 is 42.5. The average Bonchev–Trinajstić information content (AvgIpc) is 2.99. The molecule has 1 aliphatic heterocycles. The molecule has 0 spiro atoms. The summed E-state index contributed by atoms with van der Waals surface area (Å²) in [6.07, 6.45) is 7.87. The first-order valence-corrected chi connectivity index (χ1v) is 9.66. The lowest BCUT2D eigenvalue weighted by Gasteiger charge is -2.34. The van der Waals surface area contributed by atoms with E-state index in [-0.39, 0.29) is 10.9 Å². The number of sulfonamides is 1. The zero-order valence-electron chi connectivity index (χ0n) is 13.7. The highest BCUT2D eigenvalue weighted by Gasteiger charge is 2.33. The number of rotatable bonds is 5. The van der Waals surface area contributed by atoms with Crippen LogP contribution >= 0.6 is 0 Å². The SMILES string of the molecule is Cn1ccnc1CCC1CCCCN1S(=O)(=O)c1ccc(F)cc1. The highest BCUT2D eigenvalue weighted by Crippen LogP contribution is 2.28. The molecule has 1 saturated heterocycles. The zero-order chi connectivity index (χ0) is 17.2. The molecule has 0 amide bonds. The quantitative estimate of drug-likeness (QED) is 0.832. The smallest absolute Gasteiger partial charge is 0.243 e. The second-order valence-corrected chi connectivity index (χ2v) is 8.10. The molecule has 0 radical (unpaired) electrons. The van der Waals surface area contributed by atoms with Crippen molar-refractivity contribution in [3.63, 3.8) is 0 Å². The number of hydrogen-bond acceptors (Lipinski definition) is 3. The van der Waals surface area contributed by atoms with Crippen LogP contribution < -0.4 is 0 Å². The molecule has 1 unspecified atom stereocenters. The Morgan fingerprint density at radius 3 is 2.67 bits per heavy atom. The van der Waals surface area contributed by atoms with E-state index >= 15 is 0 Å². The molecule has 2 aromatic rings. The van der Waals surface area contributed by atoms with Crippen LogP contribution in [0, 0.1) is 5.82 Å². The van der Waals surface area contributed by atoms with Crippen LogP contribution in [-0.2, 0) is 23.5 Å². The lowest BCUT2D eigenvalue weighted by molar-refractivity contribution is 0.240. The van der Waals surface area contributed by atoms with E-state index in [1.54, 1.807) is 10.5 Å². The second kappa shape index (κ2) is 7.03. The van der Waals surface area contributed by atoms with Crippen LogP contribution in [0.1, 0.15) is 31.5 Å². The Kier molecular flexibility index (Phi) is 5.01. The number of hydrogen-bond donors (Lipinski definition) is 0. The van der Waals surface area contributed by atoms with Crippen molar-refractivity contribution in [3.05, 3.63) is 48.3 Å². The summed E-state index contributed by atoms with van der Waals surface area (Å²) in [6, 6.07) is 5.04. The molecule has 5 nitrogen and oxygen atoms in total. The summed E-state index contributed by atoms with van der Waals surface area (Å²) in [5.41, 5.74) is 0. The molecule has 0 bridgehead atoms. The van der Waals surface area contributed by atoms with Crippen molar-refractivity contribution in [2.24, 2.45) is 7.05 Å². The van der Waals surface area contributed by atoms with Gasteiger partial charge < -0.3 is 4.57 Å². The molecule has 1 atom stereocenters. The highest BCUT2D eigenvalue weighted by atomic mass is 32.2. The van der Waals surface area contributed by atoms with Crippen LogP contribution in [0.25, 0.3) is 0 Å². The maximum absolute atomic E-state index is 13.1. The molecular formula is C17H22FN3O2S. The van der Waals surface area contributed by atoms with Gasteiger partial charge in [-0.2, -0.15) is 4.31 Å². The molecule has 0 saturated carbocycles. The Labute approximate surface area is 142 Å². The molecule has 1 fully saturated rings. The largest absolute Gasteiger partial charge is 0.338 e. The molecule has 7 heteroatoms. The Morgan fingerprint density at radius 2 is 2.00 bits per heavy atom. The number of benzene rings is 1. The van der Waals surface area contributed by atoms with Crippen molar-refractivity contribution < 1.29 is 12.8 Å². The molecule has 130 valence electrons. The predicted octanol–water partition coefficient (Wildman–Crippen LogP) is 2.74. The Bertz CT molecular complexity index is 786. The van der Waals surface area contributed by atoms with Gasteiger partial charge in [-0.25, -0.2) is 17.8 Å². The number of halogens is 1. The number of aryl methyl sites for hydroxylation is 2. The van der Waals surface area contributed by atoms with Gasteiger partial charge in [0.05, 0.1) is 4.90 Å². The van der Waals surface area contributed by atoms with Crippen molar-refractivity contribution in [2.75, 3.05) is 6.54 Å². The van der Waals surface area contributed by atoms with Gasteiger partial charge in [0.1, 0.15) is 11.6 Å². The summed E-state index contributed by atoms with van der Waals surface area (Å²) in [5.74, 6) is 0.527. The molecule has 1 aliphatic rings. The van der Waals surface area contributed by atoms with E-state index in [0.717, 1.165) is 37.9 Å². The minimum atomic E-state index is -3.59. The van der Waals surface area contributed by atoms with E-state index in [4.69, 9.17) is 0 Å². The molecule has 2 heterocycles. The lowest BCUT2D eigenvalue weighted by Crippen LogP contribution is -2.43. The fourth-order valence-corrected chi connectivity index (χ4v) is 4.98. The molecule has 1 aromatic carbocycles. The van der Waals surface area contributed by atoms with E-state index in [0.29, 0.717) is 6.54 Å². The van der Waals surface area contributed by atoms with E-state index in [1.807, 2.05) is 17.8 Å². The van der Waals surface area contributed by atoms with Crippen LogP contribution in [0.2, 0.25) is 0 Å². The molecule has 0 N–H and O–H groups in total. The summed E-state index contributed by atoms with van der Waals surface area (Å²) in [6.45, 7) is 0.519. The number of piperidine rings is 1. The number of imidazole rings is 1. The fourth-order valence-electron chi connectivity index (χ4n) is 3.25. The van der Waals surface area contributed by atoms with Gasteiger partial charge in [-0.05, 0) is 43.5 Å². The summed E-state index contributed by atoms with van der Waals surface area (Å²) in [5, 5.41) is 0.